The highest BCUT2D eigenvalue weighted by molar-refractivity contribution is 5.95. The minimum Gasteiger partial charge on any atom is -0.352 e. The summed E-state index contributed by atoms with van der Waals surface area (Å²) in [6, 6.07) is 4.97. The normalized spacial score (nSPS) is 15.6. The molecule has 1 saturated heterocycles. The van der Waals surface area contributed by atoms with Crippen molar-refractivity contribution in [3.63, 3.8) is 0 Å². The number of benzene rings is 1. The molecule has 1 amide bonds. The molecular formula is C18H21F4N5O. The first-order valence-corrected chi connectivity index (χ1v) is 8.99. The van der Waals surface area contributed by atoms with Crippen LogP contribution in [0.25, 0.3) is 5.69 Å². The second kappa shape index (κ2) is 8.70. The molecule has 0 saturated carbocycles. The number of hydrogen-bond acceptors (Lipinski definition) is 4. The Balaban J connectivity index is 1.70. The number of hydrogen-bond donors (Lipinski definition) is 2. The standard InChI is InChI=1S/C18H21F4N5O/c19-14-4-1-2-5-15(14)27-16(18(20,21)22)13(12-25-27)17(28)24-6-3-9-26-10-7-23-8-11-26/h1-2,4-5,12,23H,3,6-11H2,(H,24,28). The molecule has 2 N–H and O–H groups in total. The Hall–Kier alpha value is -2.46. The summed E-state index contributed by atoms with van der Waals surface area (Å²) in [6.45, 7) is 4.60. The number of rotatable bonds is 6. The highest BCUT2D eigenvalue weighted by atomic mass is 19.4. The summed E-state index contributed by atoms with van der Waals surface area (Å²) >= 11 is 0. The number of alkyl halides is 3. The number of carbonyl (C=O) groups is 1. The second-order valence-electron chi connectivity index (χ2n) is 6.47. The van der Waals surface area contributed by atoms with Crippen molar-refractivity contribution in [1.29, 1.82) is 0 Å². The molecule has 2 aromatic rings. The van der Waals surface area contributed by atoms with E-state index in [-0.39, 0.29) is 12.2 Å². The molecule has 6 nitrogen and oxygen atoms in total. The summed E-state index contributed by atoms with van der Waals surface area (Å²) in [5.74, 6) is -1.74. The van der Waals surface area contributed by atoms with Gasteiger partial charge in [0.05, 0.1) is 11.8 Å². The predicted octanol–water partition coefficient (Wildman–Crippen LogP) is 2.06. The SMILES string of the molecule is O=C(NCCCN1CCNCC1)c1cnn(-c2ccccc2F)c1C(F)(F)F. The monoisotopic (exact) mass is 399 g/mol. The fourth-order valence-corrected chi connectivity index (χ4v) is 3.13. The van der Waals surface area contributed by atoms with E-state index < -0.39 is 29.2 Å². The summed E-state index contributed by atoms with van der Waals surface area (Å²) < 4.78 is 55.1. The highest BCUT2D eigenvalue weighted by Crippen LogP contribution is 2.34. The van der Waals surface area contributed by atoms with Gasteiger partial charge in [-0.3, -0.25) is 4.79 Å². The highest BCUT2D eigenvalue weighted by Gasteiger charge is 2.40. The van der Waals surface area contributed by atoms with Crippen molar-refractivity contribution < 1.29 is 22.4 Å². The second-order valence-corrected chi connectivity index (χ2v) is 6.47. The van der Waals surface area contributed by atoms with Gasteiger partial charge < -0.3 is 15.5 Å². The minimum absolute atomic E-state index is 0.241. The van der Waals surface area contributed by atoms with Crippen LogP contribution in [0.1, 0.15) is 22.5 Å². The third-order valence-corrected chi connectivity index (χ3v) is 4.51. The molecular weight excluding hydrogens is 378 g/mol. The van der Waals surface area contributed by atoms with Crippen LogP contribution in [-0.4, -0.2) is 59.9 Å². The van der Waals surface area contributed by atoms with E-state index in [2.05, 4.69) is 20.6 Å². The van der Waals surface area contributed by atoms with Gasteiger partial charge in [0.2, 0.25) is 0 Å². The first-order valence-electron chi connectivity index (χ1n) is 8.99. The minimum atomic E-state index is -4.87. The van der Waals surface area contributed by atoms with Gasteiger partial charge in [-0.25, -0.2) is 9.07 Å². The Kier molecular flexibility index (Phi) is 6.30. The number of carbonyl (C=O) groups excluding carboxylic acids is 1. The lowest BCUT2D eigenvalue weighted by molar-refractivity contribution is -0.143. The molecule has 28 heavy (non-hydrogen) atoms. The molecule has 152 valence electrons. The maximum Gasteiger partial charge on any atom is 0.434 e. The smallest absolute Gasteiger partial charge is 0.352 e. The summed E-state index contributed by atoms with van der Waals surface area (Å²) in [5, 5.41) is 9.35. The number of para-hydroxylation sites is 1. The zero-order chi connectivity index (χ0) is 20.1. The molecule has 1 fully saturated rings. The largest absolute Gasteiger partial charge is 0.434 e. The number of amides is 1. The van der Waals surface area contributed by atoms with Crippen LogP contribution < -0.4 is 10.6 Å². The zero-order valence-electron chi connectivity index (χ0n) is 15.1. The summed E-state index contributed by atoms with van der Waals surface area (Å²) in [7, 11) is 0. The topological polar surface area (TPSA) is 62.2 Å². The average Bonchev–Trinajstić information content (AvgIpc) is 3.12. The fourth-order valence-electron chi connectivity index (χ4n) is 3.13. The van der Waals surface area contributed by atoms with Gasteiger partial charge in [-0.1, -0.05) is 12.1 Å². The molecule has 0 spiro atoms. The molecule has 0 unspecified atom stereocenters. The van der Waals surface area contributed by atoms with Crippen LogP contribution in [0.3, 0.4) is 0 Å². The van der Waals surface area contributed by atoms with Crippen LogP contribution in [0.2, 0.25) is 0 Å². The van der Waals surface area contributed by atoms with Gasteiger partial charge in [0.1, 0.15) is 11.5 Å². The Bertz CT molecular complexity index is 815. The molecule has 0 bridgehead atoms. The molecule has 0 atom stereocenters. The van der Waals surface area contributed by atoms with E-state index in [4.69, 9.17) is 0 Å². The van der Waals surface area contributed by atoms with Crippen LogP contribution in [0.5, 0.6) is 0 Å². The Morgan fingerprint density at radius 3 is 2.61 bits per heavy atom. The van der Waals surface area contributed by atoms with E-state index in [1.54, 1.807) is 0 Å². The number of halogens is 4. The van der Waals surface area contributed by atoms with Crippen molar-refractivity contribution >= 4 is 5.91 Å². The van der Waals surface area contributed by atoms with Gasteiger partial charge >= 0.3 is 6.18 Å². The summed E-state index contributed by atoms with van der Waals surface area (Å²) in [5.41, 5.74) is -2.29. The predicted molar refractivity (Wildman–Crippen MR) is 94.8 cm³/mol. The molecule has 2 heterocycles. The van der Waals surface area contributed by atoms with Gasteiger partial charge in [0, 0.05) is 32.7 Å². The molecule has 1 aliphatic rings. The molecule has 0 aliphatic carbocycles. The van der Waals surface area contributed by atoms with Gasteiger partial charge in [-0.15, -0.1) is 0 Å². The van der Waals surface area contributed by atoms with E-state index in [0.29, 0.717) is 11.1 Å². The molecule has 0 radical (unpaired) electrons. The summed E-state index contributed by atoms with van der Waals surface area (Å²) in [4.78, 5) is 14.5. The van der Waals surface area contributed by atoms with Crippen molar-refractivity contribution in [1.82, 2.24) is 25.3 Å². The summed E-state index contributed by atoms with van der Waals surface area (Å²) in [6.07, 6.45) is -3.43. The van der Waals surface area contributed by atoms with Crippen molar-refractivity contribution in [2.45, 2.75) is 12.6 Å². The molecule has 1 aromatic heterocycles. The maximum absolute atomic E-state index is 13.9. The van der Waals surface area contributed by atoms with Crippen molar-refractivity contribution in [3.8, 4) is 5.69 Å². The van der Waals surface area contributed by atoms with Gasteiger partial charge in [0.15, 0.2) is 5.69 Å². The Labute approximate surface area is 159 Å². The van der Waals surface area contributed by atoms with E-state index in [1.807, 2.05) is 0 Å². The van der Waals surface area contributed by atoms with Crippen LogP contribution in [0, 0.1) is 5.82 Å². The first kappa shape index (κ1) is 20.3. The zero-order valence-corrected chi connectivity index (χ0v) is 15.1. The van der Waals surface area contributed by atoms with E-state index >= 15 is 0 Å². The molecule has 1 aliphatic heterocycles. The van der Waals surface area contributed by atoms with Crippen LogP contribution >= 0.6 is 0 Å². The third kappa shape index (κ3) is 4.68. The maximum atomic E-state index is 13.9. The third-order valence-electron chi connectivity index (χ3n) is 4.51. The lowest BCUT2D eigenvalue weighted by Gasteiger charge is -2.27. The Morgan fingerprint density at radius 1 is 1.21 bits per heavy atom. The van der Waals surface area contributed by atoms with Crippen molar-refractivity contribution in [2.75, 3.05) is 39.3 Å². The van der Waals surface area contributed by atoms with Crippen LogP contribution in [-0.2, 0) is 6.18 Å². The Morgan fingerprint density at radius 2 is 1.93 bits per heavy atom. The molecule has 1 aromatic carbocycles. The number of nitrogens with zero attached hydrogens (tertiary/aromatic N) is 3. The van der Waals surface area contributed by atoms with Gasteiger partial charge in [-0.2, -0.15) is 18.3 Å². The van der Waals surface area contributed by atoms with Crippen molar-refractivity contribution in [3.05, 3.63) is 47.5 Å². The average molecular weight is 399 g/mol. The van der Waals surface area contributed by atoms with E-state index in [9.17, 15) is 22.4 Å². The lowest BCUT2D eigenvalue weighted by Crippen LogP contribution is -2.44. The number of aromatic nitrogens is 2. The number of nitrogens with one attached hydrogen (secondary N) is 2. The van der Waals surface area contributed by atoms with E-state index in [0.717, 1.165) is 45.0 Å². The first-order chi connectivity index (χ1) is 13.4. The number of piperazine rings is 1. The van der Waals surface area contributed by atoms with Crippen molar-refractivity contribution in [2.24, 2.45) is 0 Å². The fraction of sp³-hybridized carbons (Fsp3) is 0.444. The quantitative estimate of drug-likeness (QED) is 0.577. The van der Waals surface area contributed by atoms with E-state index in [1.165, 1.54) is 18.2 Å². The molecule has 3 rings (SSSR count). The lowest BCUT2D eigenvalue weighted by atomic mass is 10.2. The molecule has 10 heteroatoms. The van der Waals surface area contributed by atoms with Gasteiger partial charge in [-0.05, 0) is 25.1 Å². The van der Waals surface area contributed by atoms with Crippen LogP contribution in [0.4, 0.5) is 17.6 Å². The van der Waals surface area contributed by atoms with Gasteiger partial charge in [0.25, 0.3) is 5.91 Å². The van der Waals surface area contributed by atoms with Crippen LogP contribution in [0.15, 0.2) is 30.5 Å².